The van der Waals surface area contributed by atoms with Crippen LogP contribution in [0.15, 0.2) is 0 Å². The minimum atomic E-state index is 0.729. The van der Waals surface area contributed by atoms with Gasteiger partial charge >= 0.3 is 0 Å². The zero-order valence-corrected chi connectivity index (χ0v) is 8.53. The molecule has 0 radical (unpaired) electrons. The van der Waals surface area contributed by atoms with E-state index < -0.39 is 0 Å². The summed E-state index contributed by atoms with van der Waals surface area (Å²) in [5.74, 6) is 0.729. The molecule has 1 aromatic heterocycles. The molecule has 0 aromatic carbocycles. The quantitative estimate of drug-likeness (QED) is 0.705. The summed E-state index contributed by atoms with van der Waals surface area (Å²) in [6.45, 7) is 2.19. The number of aromatic nitrogens is 2. The van der Waals surface area contributed by atoms with Crippen LogP contribution in [-0.2, 0) is 20.0 Å². The Bertz CT molecular complexity index is 364. The molecule has 0 saturated heterocycles. The Morgan fingerprint density at radius 2 is 2.21 bits per heavy atom. The van der Waals surface area contributed by atoms with E-state index in [9.17, 15) is 0 Å². The summed E-state index contributed by atoms with van der Waals surface area (Å²) in [4.78, 5) is 2.54. The van der Waals surface area contributed by atoms with Gasteiger partial charge in [-0.25, -0.2) is 0 Å². The number of aryl methyl sites for hydroxylation is 1. The van der Waals surface area contributed by atoms with Crippen LogP contribution in [0, 0.1) is 0 Å². The van der Waals surface area contributed by atoms with Gasteiger partial charge in [0.05, 0.1) is 0 Å². The fourth-order valence-corrected chi connectivity index (χ4v) is 2.39. The van der Waals surface area contributed by atoms with Gasteiger partial charge in [0.1, 0.15) is 5.82 Å². The SMILES string of the molecule is Cn1nc(N)c2c1CCN(C1CC1)C2. The zero-order chi connectivity index (χ0) is 9.71. The van der Waals surface area contributed by atoms with E-state index in [1.54, 1.807) is 0 Å². The second kappa shape index (κ2) is 2.73. The van der Waals surface area contributed by atoms with Gasteiger partial charge in [-0.2, -0.15) is 5.10 Å². The van der Waals surface area contributed by atoms with Gasteiger partial charge in [0.2, 0.25) is 0 Å². The molecule has 1 aromatic rings. The lowest BCUT2D eigenvalue weighted by Crippen LogP contribution is -2.32. The minimum absolute atomic E-state index is 0.729. The summed E-state index contributed by atoms with van der Waals surface area (Å²) in [5, 5.41) is 4.27. The molecule has 0 unspecified atom stereocenters. The Morgan fingerprint density at radius 1 is 1.43 bits per heavy atom. The van der Waals surface area contributed by atoms with Crippen molar-refractivity contribution in [1.82, 2.24) is 14.7 Å². The molecular weight excluding hydrogens is 176 g/mol. The summed E-state index contributed by atoms with van der Waals surface area (Å²) in [6.07, 6.45) is 3.84. The Morgan fingerprint density at radius 3 is 2.93 bits per heavy atom. The van der Waals surface area contributed by atoms with E-state index in [-0.39, 0.29) is 0 Å². The van der Waals surface area contributed by atoms with Crippen LogP contribution in [0.3, 0.4) is 0 Å². The van der Waals surface area contributed by atoms with E-state index >= 15 is 0 Å². The van der Waals surface area contributed by atoms with Crippen molar-refractivity contribution in [3.63, 3.8) is 0 Å². The van der Waals surface area contributed by atoms with Crippen LogP contribution in [-0.4, -0.2) is 27.3 Å². The van der Waals surface area contributed by atoms with Crippen LogP contribution in [0.1, 0.15) is 24.1 Å². The highest BCUT2D eigenvalue weighted by atomic mass is 15.3. The highest BCUT2D eigenvalue weighted by Gasteiger charge is 2.33. The molecular formula is C10H16N4. The molecule has 1 saturated carbocycles. The normalized spacial score (nSPS) is 22.4. The summed E-state index contributed by atoms with van der Waals surface area (Å²) < 4.78 is 1.94. The molecule has 76 valence electrons. The average molecular weight is 192 g/mol. The van der Waals surface area contributed by atoms with Gasteiger partial charge in [0.25, 0.3) is 0 Å². The van der Waals surface area contributed by atoms with E-state index in [0.717, 1.165) is 24.8 Å². The van der Waals surface area contributed by atoms with Crippen molar-refractivity contribution in [2.75, 3.05) is 12.3 Å². The van der Waals surface area contributed by atoms with Crippen LogP contribution in [0.4, 0.5) is 5.82 Å². The standard InChI is InChI=1S/C10H16N4/c1-13-9-4-5-14(7-2-3-7)6-8(9)10(11)12-13/h7H,2-6H2,1H3,(H2,11,12). The predicted octanol–water partition coefficient (Wildman–Crippen LogP) is 0.523. The Hall–Kier alpha value is -1.03. The zero-order valence-electron chi connectivity index (χ0n) is 8.53. The van der Waals surface area contributed by atoms with Gasteiger partial charge in [-0.05, 0) is 12.8 Å². The summed E-state index contributed by atoms with van der Waals surface area (Å²) in [5.41, 5.74) is 8.49. The van der Waals surface area contributed by atoms with Crippen LogP contribution in [0.2, 0.25) is 0 Å². The lowest BCUT2D eigenvalue weighted by atomic mass is 10.1. The maximum Gasteiger partial charge on any atom is 0.150 e. The molecule has 2 aliphatic rings. The molecule has 4 nitrogen and oxygen atoms in total. The lowest BCUT2D eigenvalue weighted by molar-refractivity contribution is 0.241. The minimum Gasteiger partial charge on any atom is -0.382 e. The third-order valence-electron chi connectivity index (χ3n) is 3.37. The van der Waals surface area contributed by atoms with Crippen LogP contribution in [0.5, 0.6) is 0 Å². The average Bonchev–Trinajstić information content (AvgIpc) is 2.96. The number of anilines is 1. The fraction of sp³-hybridized carbons (Fsp3) is 0.700. The van der Waals surface area contributed by atoms with Gasteiger partial charge in [0.15, 0.2) is 0 Å². The largest absolute Gasteiger partial charge is 0.382 e. The summed E-state index contributed by atoms with van der Waals surface area (Å²) in [7, 11) is 1.99. The molecule has 2 heterocycles. The topological polar surface area (TPSA) is 47.1 Å². The maximum atomic E-state index is 5.89. The van der Waals surface area contributed by atoms with Gasteiger partial charge in [-0.1, -0.05) is 0 Å². The molecule has 0 amide bonds. The monoisotopic (exact) mass is 192 g/mol. The smallest absolute Gasteiger partial charge is 0.150 e. The van der Waals surface area contributed by atoms with Crippen molar-refractivity contribution in [2.45, 2.75) is 31.8 Å². The maximum absolute atomic E-state index is 5.89. The van der Waals surface area contributed by atoms with E-state index in [2.05, 4.69) is 10.00 Å². The molecule has 14 heavy (non-hydrogen) atoms. The highest BCUT2D eigenvalue weighted by molar-refractivity contribution is 5.43. The van der Waals surface area contributed by atoms with Crippen molar-refractivity contribution in [3.05, 3.63) is 11.3 Å². The number of nitrogen functional groups attached to an aromatic ring is 1. The molecule has 4 heteroatoms. The second-order valence-electron chi connectivity index (χ2n) is 4.39. The Labute approximate surface area is 83.7 Å². The van der Waals surface area contributed by atoms with Gasteiger partial charge < -0.3 is 5.73 Å². The highest BCUT2D eigenvalue weighted by Crippen LogP contribution is 2.32. The third kappa shape index (κ3) is 1.14. The molecule has 0 atom stereocenters. The molecule has 1 aliphatic carbocycles. The molecule has 3 rings (SSSR count). The number of hydrogen-bond acceptors (Lipinski definition) is 3. The molecule has 1 fully saturated rings. The van der Waals surface area contributed by atoms with Crippen LogP contribution < -0.4 is 5.73 Å². The number of nitrogens with two attached hydrogens (primary N) is 1. The third-order valence-corrected chi connectivity index (χ3v) is 3.37. The van der Waals surface area contributed by atoms with E-state index in [1.807, 2.05) is 11.7 Å². The molecule has 0 bridgehead atoms. The number of nitrogens with zero attached hydrogens (tertiary/aromatic N) is 3. The van der Waals surface area contributed by atoms with Crippen molar-refractivity contribution < 1.29 is 0 Å². The van der Waals surface area contributed by atoms with Crippen LogP contribution in [0.25, 0.3) is 0 Å². The lowest BCUT2D eigenvalue weighted by Gasteiger charge is -2.26. The van der Waals surface area contributed by atoms with E-state index in [4.69, 9.17) is 5.73 Å². The van der Waals surface area contributed by atoms with Crippen molar-refractivity contribution >= 4 is 5.82 Å². The Kier molecular flexibility index (Phi) is 1.62. The molecule has 1 aliphatic heterocycles. The van der Waals surface area contributed by atoms with E-state index in [0.29, 0.717) is 0 Å². The summed E-state index contributed by atoms with van der Waals surface area (Å²) >= 11 is 0. The molecule has 2 N–H and O–H groups in total. The summed E-state index contributed by atoms with van der Waals surface area (Å²) in [6, 6.07) is 0.836. The van der Waals surface area contributed by atoms with Gasteiger partial charge in [0, 0.05) is 43.9 Å². The van der Waals surface area contributed by atoms with Crippen molar-refractivity contribution in [3.8, 4) is 0 Å². The van der Waals surface area contributed by atoms with Crippen molar-refractivity contribution in [2.24, 2.45) is 7.05 Å². The first kappa shape index (κ1) is 8.29. The molecule has 0 spiro atoms. The first-order chi connectivity index (χ1) is 6.75. The number of hydrogen-bond donors (Lipinski definition) is 1. The predicted molar refractivity (Wildman–Crippen MR) is 54.8 cm³/mol. The van der Waals surface area contributed by atoms with Crippen molar-refractivity contribution in [1.29, 1.82) is 0 Å². The van der Waals surface area contributed by atoms with Gasteiger partial charge in [-0.15, -0.1) is 0 Å². The first-order valence-electron chi connectivity index (χ1n) is 5.30. The van der Waals surface area contributed by atoms with Crippen LogP contribution >= 0.6 is 0 Å². The van der Waals surface area contributed by atoms with Gasteiger partial charge in [-0.3, -0.25) is 9.58 Å². The second-order valence-corrected chi connectivity index (χ2v) is 4.39. The Balaban J connectivity index is 1.92. The first-order valence-corrected chi connectivity index (χ1v) is 5.30. The number of fused-ring (bicyclic) bond motifs is 1. The van der Waals surface area contributed by atoms with E-state index in [1.165, 1.54) is 30.6 Å². The fourth-order valence-electron chi connectivity index (χ4n) is 2.39. The number of rotatable bonds is 1.